The second-order valence-electron chi connectivity index (χ2n) is 7.86. The average molecular weight is 412 g/mol. The molecule has 0 atom stereocenters. The van der Waals surface area contributed by atoms with Gasteiger partial charge in [0, 0.05) is 46.9 Å². The molecule has 2 aromatic heterocycles. The molecule has 0 amide bonds. The first-order valence-electron chi connectivity index (χ1n) is 10.9. The Bertz CT molecular complexity index is 1590. The fourth-order valence-corrected chi connectivity index (χ4v) is 4.71. The van der Waals surface area contributed by atoms with Crippen molar-refractivity contribution in [1.29, 1.82) is 0 Å². The van der Waals surface area contributed by atoms with Crippen LogP contribution in [0.15, 0.2) is 64.2 Å². The fourth-order valence-electron chi connectivity index (χ4n) is 4.71. The number of aromatic amines is 1. The van der Waals surface area contributed by atoms with Crippen molar-refractivity contribution in [2.24, 2.45) is 0 Å². The predicted molar refractivity (Wildman–Crippen MR) is 131 cm³/mol. The largest absolute Gasteiger partial charge is 0.372 e. The van der Waals surface area contributed by atoms with Crippen LogP contribution in [-0.4, -0.2) is 22.6 Å². The number of nitrogens with one attached hydrogen (secondary N) is 1. The van der Waals surface area contributed by atoms with E-state index < -0.39 is 0 Å². The summed E-state index contributed by atoms with van der Waals surface area (Å²) >= 11 is 0. The summed E-state index contributed by atoms with van der Waals surface area (Å²) in [7, 11) is 0. The number of para-hydroxylation sites is 1. The van der Waals surface area contributed by atoms with Crippen molar-refractivity contribution in [2.75, 3.05) is 18.0 Å². The van der Waals surface area contributed by atoms with E-state index in [-0.39, 0.29) is 10.9 Å². The summed E-state index contributed by atoms with van der Waals surface area (Å²) in [5.74, 6) is 0. The van der Waals surface area contributed by atoms with Gasteiger partial charge in [-0.15, -0.1) is 0 Å². The van der Waals surface area contributed by atoms with Crippen LogP contribution in [0.2, 0.25) is 0 Å². The number of anilines is 1. The number of aryl methyl sites for hydroxylation is 1. The van der Waals surface area contributed by atoms with E-state index in [0.29, 0.717) is 33.6 Å². The Morgan fingerprint density at radius 1 is 0.742 bits per heavy atom. The number of hydrogen-bond acceptors (Lipinski definition) is 3. The molecule has 0 unspecified atom stereocenters. The first-order valence-corrected chi connectivity index (χ1v) is 10.9. The van der Waals surface area contributed by atoms with Crippen LogP contribution >= 0.6 is 0 Å². The van der Waals surface area contributed by atoms with Gasteiger partial charge in [0.1, 0.15) is 0 Å². The van der Waals surface area contributed by atoms with Gasteiger partial charge < -0.3 is 14.5 Å². The van der Waals surface area contributed by atoms with Gasteiger partial charge in [-0.2, -0.15) is 0 Å². The molecule has 0 aliphatic rings. The third-order valence-corrected chi connectivity index (χ3v) is 6.32. The van der Waals surface area contributed by atoms with Gasteiger partial charge in [-0.05, 0) is 63.2 Å². The van der Waals surface area contributed by atoms with Gasteiger partial charge in [-0.25, -0.2) is 0 Å². The molecule has 5 nitrogen and oxygen atoms in total. The molecule has 0 fully saturated rings. The molecule has 5 aromatic rings. The van der Waals surface area contributed by atoms with E-state index in [0.717, 1.165) is 35.3 Å². The van der Waals surface area contributed by atoms with Crippen molar-refractivity contribution in [2.45, 2.75) is 27.3 Å². The number of nitrogens with zero attached hydrogens (tertiary/aromatic N) is 2. The van der Waals surface area contributed by atoms with Crippen LogP contribution in [0, 0.1) is 0 Å². The smallest absolute Gasteiger partial charge is 0.197 e. The molecule has 0 spiro atoms. The van der Waals surface area contributed by atoms with Crippen LogP contribution < -0.4 is 15.8 Å². The van der Waals surface area contributed by atoms with Gasteiger partial charge in [0.25, 0.3) is 0 Å². The lowest BCUT2D eigenvalue weighted by Gasteiger charge is -2.21. The fraction of sp³-hybridized carbons (Fsp3) is 0.231. The van der Waals surface area contributed by atoms with Gasteiger partial charge in [0.2, 0.25) is 0 Å². The van der Waals surface area contributed by atoms with Gasteiger partial charge in [0.05, 0.1) is 22.1 Å². The highest BCUT2D eigenvalue weighted by molar-refractivity contribution is 6.03. The van der Waals surface area contributed by atoms with Gasteiger partial charge in [0.15, 0.2) is 10.9 Å². The van der Waals surface area contributed by atoms with E-state index in [2.05, 4.69) is 35.2 Å². The third kappa shape index (κ3) is 2.84. The first kappa shape index (κ1) is 19.4. The SMILES string of the molecule is CCN(CC)c1ccc2c(=O)c3cc4c(cc3[nH]c2c1)c(=O)c1ccccc1n4CC. The zero-order chi connectivity index (χ0) is 21.7. The molecule has 31 heavy (non-hydrogen) atoms. The number of H-pyrrole nitrogens is 1. The van der Waals surface area contributed by atoms with Crippen molar-refractivity contribution in [3.63, 3.8) is 0 Å². The van der Waals surface area contributed by atoms with Crippen molar-refractivity contribution in [1.82, 2.24) is 9.55 Å². The summed E-state index contributed by atoms with van der Waals surface area (Å²) in [5.41, 5.74) is 4.23. The van der Waals surface area contributed by atoms with Crippen LogP contribution in [0.1, 0.15) is 20.8 Å². The van der Waals surface area contributed by atoms with Crippen LogP contribution in [0.4, 0.5) is 5.69 Å². The zero-order valence-corrected chi connectivity index (χ0v) is 18.0. The second-order valence-corrected chi connectivity index (χ2v) is 7.86. The number of aromatic nitrogens is 2. The second kappa shape index (κ2) is 7.27. The van der Waals surface area contributed by atoms with Gasteiger partial charge in [-0.3, -0.25) is 9.59 Å². The summed E-state index contributed by atoms with van der Waals surface area (Å²) in [5, 5.41) is 2.59. The lowest BCUT2D eigenvalue weighted by molar-refractivity contribution is 0.821. The monoisotopic (exact) mass is 411 g/mol. The van der Waals surface area contributed by atoms with E-state index >= 15 is 0 Å². The van der Waals surface area contributed by atoms with E-state index in [1.54, 1.807) is 0 Å². The molecule has 5 rings (SSSR count). The molecule has 0 aliphatic carbocycles. The number of hydrogen-bond donors (Lipinski definition) is 1. The Morgan fingerprint density at radius 2 is 1.45 bits per heavy atom. The number of rotatable bonds is 4. The Balaban J connectivity index is 1.90. The Morgan fingerprint density at radius 3 is 2.19 bits per heavy atom. The predicted octanol–water partition coefficient (Wildman–Crippen LogP) is 5.02. The van der Waals surface area contributed by atoms with Crippen LogP contribution in [0.25, 0.3) is 43.6 Å². The number of benzene rings is 3. The molecule has 1 N–H and O–H groups in total. The molecule has 0 radical (unpaired) electrons. The summed E-state index contributed by atoms with van der Waals surface area (Å²) in [6, 6.07) is 17.3. The minimum atomic E-state index is -0.0139. The molecule has 3 aromatic carbocycles. The molecule has 0 saturated carbocycles. The highest BCUT2D eigenvalue weighted by Crippen LogP contribution is 2.26. The normalized spacial score (nSPS) is 11.7. The van der Waals surface area contributed by atoms with E-state index in [1.165, 1.54) is 0 Å². The average Bonchev–Trinajstić information content (AvgIpc) is 2.80. The lowest BCUT2D eigenvalue weighted by Crippen LogP contribution is -2.21. The van der Waals surface area contributed by atoms with Crippen molar-refractivity contribution in [3.8, 4) is 0 Å². The molecule has 0 bridgehead atoms. The van der Waals surface area contributed by atoms with Gasteiger partial charge >= 0.3 is 0 Å². The van der Waals surface area contributed by atoms with Crippen molar-refractivity contribution in [3.05, 3.63) is 75.0 Å². The molecule has 0 aliphatic heterocycles. The molecule has 5 heteroatoms. The van der Waals surface area contributed by atoms with E-state index in [9.17, 15) is 9.59 Å². The highest BCUT2D eigenvalue weighted by atomic mass is 16.1. The maximum Gasteiger partial charge on any atom is 0.197 e. The van der Waals surface area contributed by atoms with Crippen LogP contribution in [0.5, 0.6) is 0 Å². The summed E-state index contributed by atoms with van der Waals surface area (Å²) in [4.78, 5) is 32.3. The maximum absolute atomic E-state index is 13.4. The van der Waals surface area contributed by atoms with Crippen molar-refractivity contribution >= 4 is 49.3 Å². The van der Waals surface area contributed by atoms with Gasteiger partial charge in [-0.1, -0.05) is 12.1 Å². The van der Waals surface area contributed by atoms with Crippen LogP contribution in [0.3, 0.4) is 0 Å². The quantitative estimate of drug-likeness (QED) is 0.423. The molecule has 2 heterocycles. The molecule has 0 saturated heterocycles. The Labute approximate surface area is 179 Å². The summed E-state index contributed by atoms with van der Waals surface area (Å²) in [6.07, 6.45) is 0. The molecular weight excluding hydrogens is 386 g/mol. The molecule has 156 valence electrons. The zero-order valence-electron chi connectivity index (χ0n) is 18.0. The first-order chi connectivity index (χ1) is 15.1. The standard InChI is InChI=1S/C26H25N3O2/c1-4-28(5-2)16-11-12-17-21(13-16)27-22-14-20-24(15-19(22)25(17)30)29(6-3)23-10-8-7-9-18(23)26(20)31/h7-15H,4-6H2,1-3H3,(H,27,30). The Kier molecular flexibility index (Phi) is 4.54. The maximum atomic E-state index is 13.4. The minimum absolute atomic E-state index is 0.00459. The van der Waals surface area contributed by atoms with E-state index in [4.69, 9.17) is 0 Å². The van der Waals surface area contributed by atoms with E-state index in [1.807, 2.05) is 54.6 Å². The Hall–Kier alpha value is -3.60. The lowest BCUT2D eigenvalue weighted by atomic mass is 10.0. The topological polar surface area (TPSA) is 58.1 Å². The highest BCUT2D eigenvalue weighted by Gasteiger charge is 2.14. The number of pyridine rings is 2. The summed E-state index contributed by atoms with van der Waals surface area (Å²) in [6.45, 7) is 8.79. The van der Waals surface area contributed by atoms with Crippen LogP contribution in [-0.2, 0) is 6.54 Å². The molecular formula is C26H25N3O2. The van der Waals surface area contributed by atoms with Crippen molar-refractivity contribution < 1.29 is 0 Å². The minimum Gasteiger partial charge on any atom is -0.372 e. The summed E-state index contributed by atoms with van der Waals surface area (Å²) < 4.78 is 2.11. The number of fused-ring (bicyclic) bond motifs is 4. The third-order valence-electron chi connectivity index (χ3n) is 6.32.